The third kappa shape index (κ3) is 4.90. The molecule has 1 aromatic heterocycles. The molecule has 27 heavy (non-hydrogen) atoms. The van der Waals surface area contributed by atoms with Gasteiger partial charge in [-0.05, 0) is 58.2 Å². The van der Waals surface area contributed by atoms with E-state index in [1.54, 1.807) is 7.11 Å². The Kier molecular flexibility index (Phi) is 6.55. The van der Waals surface area contributed by atoms with Crippen molar-refractivity contribution in [2.45, 2.75) is 65.8 Å². The summed E-state index contributed by atoms with van der Waals surface area (Å²) in [6, 6.07) is 8.75. The van der Waals surface area contributed by atoms with Crippen LogP contribution in [0.4, 0.5) is 0 Å². The third-order valence-corrected chi connectivity index (χ3v) is 5.40. The van der Waals surface area contributed by atoms with E-state index < -0.39 is 0 Å². The van der Waals surface area contributed by atoms with Crippen molar-refractivity contribution in [3.63, 3.8) is 0 Å². The van der Waals surface area contributed by atoms with Crippen molar-refractivity contribution in [1.82, 2.24) is 14.7 Å². The monoisotopic (exact) mass is 371 g/mol. The Balaban J connectivity index is 1.78. The molecule has 1 aromatic carbocycles. The first-order chi connectivity index (χ1) is 13.0. The van der Waals surface area contributed by atoms with Crippen molar-refractivity contribution in [3.05, 3.63) is 46.8 Å². The minimum atomic E-state index is 0.337. The molecule has 5 heteroatoms. The number of nitrogens with zero attached hydrogens (tertiary/aromatic N) is 3. The van der Waals surface area contributed by atoms with Gasteiger partial charge >= 0.3 is 0 Å². The van der Waals surface area contributed by atoms with Gasteiger partial charge in [0.2, 0.25) is 0 Å². The molecule has 0 aliphatic carbocycles. The van der Waals surface area contributed by atoms with Gasteiger partial charge in [0, 0.05) is 43.5 Å². The number of hydrogen-bond acceptors (Lipinski definition) is 4. The highest BCUT2D eigenvalue weighted by atomic mass is 16.5. The van der Waals surface area contributed by atoms with Gasteiger partial charge < -0.3 is 9.47 Å². The van der Waals surface area contributed by atoms with Gasteiger partial charge in [0.15, 0.2) is 0 Å². The summed E-state index contributed by atoms with van der Waals surface area (Å²) in [5.74, 6) is 0.898. The highest BCUT2D eigenvalue weighted by Gasteiger charge is 2.22. The number of benzene rings is 1. The van der Waals surface area contributed by atoms with Crippen LogP contribution in [0.1, 0.15) is 55.2 Å². The maximum atomic E-state index is 5.92. The fourth-order valence-electron chi connectivity index (χ4n) is 3.90. The van der Waals surface area contributed by atoms with Crippen molar-refractivity contribution < 1.29 is 9.47 Å². The lowest BCUT2D eigenvalue weighted by atomic mass is 10.1. The van der Waals surface area contributed by atoms with E-state index in [0.717, 1.165) is 44.1 Å². The Morgan fingerprint density at radius 2 is 1.96 bits per heavy atom. The first kappa shape index (κ1) is 19.9. The van der Waals surface area contributed by atoms with Crippen molar-refractivity contribution in [3.8, 4) is 5.75 Å². The maximum Gasteiger partial charge on any atom is 0.118 e. The highest BCUT2D eigenvalue weighted by molar-refractivity contribution is 5.28. The van der Waals surface area contributed by atoms with Crippen molar-refractivity contribution >= 4 is 0 Å². The van der Waals surface area contributed by atoms with E-state index in [-0.39, 0.29) is 0 Å². The van der Waals surface area contributed by atoms with Gasteiger partial charge in [0.1, 0.15) is 5.75 Å². The fourth-order valence-corrected chi connectivity index (χ4v) is 3.90. The second kappa shape index (κ2) is 8.89. The number of aryl methyl sites for hydroxylation is 1. The van der Waals surface area contributed by atoms with E-state index in [1.165, 1.54) is 23.2 Å². The number of ether oxygens (including phenoxy) is 2. The zero-order valence-corrected chi connectivity index (χ0v) is 17.4. The predicted molar refractivity (Wildman–Crippen MR) is 108 cm³/mol. The van der Waals surface area contributed by atoms with E-state index in [2.05, 4.69) is 49.4 Å². The molecule has 0 N–H and O–H groups in total. The second-order valence-electron chi connectivity index (χ2n) is 7.84. The van der Waals surface area contributed by atoms with Crippen LogP contribution in [0.15, 0.2) is 24.3 Å². The Labute approximate surface area is 163 Å². The fraction of sp³-hybridized carbons (Fsp3) is 0.591. The molecule has 5 nitrogen and oxygen atoms in total. The Hall–Kier alpha value is -1.85. The van der Waals surface area contributed by atoms with Crippen LogP contribution in [0.3, 0.4) is 0 Å². The van der Waals surface area contributed by atoms with Gasteiger partial charge in [-0.25, -0.2) is 0 Å². The summed E-state index contributed by atoms with van der Waals surface area (Å²) >= 11 is 0. The summed E-state index contributed by atoms with van der Waals surface area (Å²) in [4.78, 5) is 2.50. The molecule has 0 amide bonds. The van der Waals surface area contributed by atoms with E-state index in [1.807, 2.05) is 12.1 Å². The Bertz CT molecular complexity index is 731. The topological polar surface area (TPSA) is 39.5 Å². The molecule has 1 saturated heterocycles. The molecule has 0 saturated carbocycles. The number of rotatable bonds is 8. The average molecular weight is 372 g/mol. The quantitative estimate of drug-likeness (QED) is 0.695. The molecule has 2 aromatic rings. The average Bonchev–Trinajstić information content (AvgIpc) is 3.25. The summed E-state index contributed by atoms with van der Waals surface area (Å²) in [6.07, 6.45) is 2.66. The summed E-state index contributed by atoms with van der Waals surface area (Å²) in [6.45, 7) is 12.3. The van der Waals surface area contributed by atoms with Crippen LogP contribution in [0.25, 0.3) is 0 Å². The Morgan fingerprint density at radius 3 is 2.52 bits per heavy atom. The van der Waals surface area contributed by atoms with Gasteiger partial charge in [-0.2, -0.15) is 5.10 Å². The minimum absolute atomic E-state index is 0.337. The molecule has 148 valence electrons. The van der Waals surface area contributed by atoms with Crippen molar-refractivity contribution in [1.29, 1.82) is 0 Å². The first-order valence-electron chi connectivity index (χ1n) is 9.99. The van der Waals surface area contributed by atoms with Gasteiger partial charge in [-0.1, -0.05) is 12.1 Å². The molecule has 1 aliphatic rings. The summed E-state index contributed by atoms with van der Waals surface area (Å²) < 4.78 is 13.3. The van der Waals surface area contributed by atoms with Crippen molar-refractivity contribution in [2.75, 3.05) is 20.3 Å². The SMILES string of the molecule is COc1ccc(CN(Cc2c(C)nn(C(C)C)c2C)CC2CCCO2)cc1. The number of methoxy groups -OCH3 is 1. The zero-order chi connectivity index (χ0) is 19.4. The lowest BCUT2D eigenvalue weighted by Gasteiger charge is -2.26. The van der Waals surface area contributed by atoms with Crippen LogP contribution in [0, 0.1) is 13.8 Å². The van der Waals surface area contributed by atoms with E-state index >= 15 is 0 Å². The van der Waals surface area contributed by atoms with E-state index in [9.17, 15) is 0 Å². The van der Waals surface area contributed by atoms with E-state index in [0.29, 0.717) is 12.1 Å². The molecule has 0 radical (unpaired) electrons. The molecule has 0 spiro atoms. The van der Waals surface area contributed by atoms with Gasteiger partial charge in [0.05, 0.1) is 18.9 Å². The number of hydrogen-bond donors (Lipinski definition) is 0. The predicted octanol–water partition coefficient (Wildman–Crippen LogP) is 4.27. The Morgan fingerprint density at radius 1 is 1.22 bits per heavy atom. The standard InChI is InChI=1S/C22H33N3O2/c1-16(2)25-18(4)22(17(3)23-25)15-24(14-21-7-6-12-27-21)13-19-8-10-20(26-5)11-9-19/h8-11,16,21H,6-7,12-15H2,1-5H3. The van der Waals surface area contributed by atoms with Gasteiger partial charge in [0.25, 0.3) is 0 Å². The van der Waals surface area contributed by atoms with Gasteiger partial charge in [-0.15, -0.1) is 0 Å². The molecule has 1 atom stereocenters. The maximum absolute atomic E-state index is 5.92. The van der Waals surface area contributed by atoms with Crippen LogP contribution < -0.4 is 4.74 Å². The van der Waals surface area contributed by atoms with Crippen molar-refractivity contribution in [2.24, 2.45) is 0 Å². The van der Waals surface area contributed by atoms with Crippen LogP contribution in [-0.4, -0.2) is 41.0 Å². The van der Waals surface area contributed by atoms with Crippen LogP contribution in [-0.2, 0) is 17.8 Å². The molecular formula is C22H33N3O2. The summed E-state index contributed by atoms with van der Waals surface area (Å²) in [5, 5.41) is 4.77. The molecule has 1 unspecified atom stereocenters. The summed E-state index contributed by atoms with van der Waals surface area (Å²) in [5.41, 5.74) is 5.04. The largest absolute Gasteiger partial charge is 0.497 e. The molecule has 3 rings (SSSR count). The number of aromatic nitrogens is 2. The lowest BCUT2D eigenvalue weighted by Crippen LogP contribution is -2.31. The molecule has 1 fully saturated rings. The molecule has 0 bridgehead atoms. The van der Waals surface area contributed by atoms with Crippen LogP contribution in [0.5, 0.6) is 5.75 Å². The molecular weight excluding hydrogens is 338 g/mol. The van der Waals surface area contributed by atoms with Crippen LogP contribution in [0.2, 0.25) is 0 Å². The lowest BCUT2D eigenvalue weighted by molar-refractivity contribution is 0.0677. The molecule has 1 aliphatic heterocycles. The van der Waals surface area contributed by atoms with Gasteiger partial charge in [-0.3, -0.25) is 9.58 Å². The highest BCUT2D eigenvalue weighted by Crippen LogP contribution is 2.23. The molecule has 2 heterocycles. The van der Waals surface area contributed by atoms with E-state index in [4.69, 9.17) is 14.6 Å². The first-order valence-corrected chi connectivity index (χ1v) is 9.99. The third-order valence-electron chi connectivity index (χ3n) is 5.40. The normalized spacial score (nSPS) is 17.2. The summed E-state index contributed by atoms with van der Waals surface area (Å²) in [7, 11) is 1.71. The second-order valence-corrected chi connectivity index (χ2v) is 7.84. The smallest absolute Gasteiger partial charge is 0.118 e. The zero-order valence-electron chi connectivity index (χ0n) is 17.4. The minimum Gasteiger partial charge on any atom is -0.497 e. The van der Waals surface area contributed by atoms with Crippen LogP contribution >= 0.6 is 0 Å².